The Bertz CT molecular complexity index is 199. The van der Waals surface area contributed by atoms with Crippen LogP contribution in [0, 0.1) is 18.4 Å². The van der Waals surface area contributed by atoms with Crippen LogP contribution in [0.25, 0.3) is 4.85 Å². The van der Waals surface area contributed by atoms with Crippen LogP contribution in [0.2, 0.25) is 0 Å². The molecule has 0 radical (unpaired) electrons. The van der Waals surface area contributed by atoms with E-state index in [0.717, 1.165) is 25.7 Å². The molecule has 0 unspecified atom stereocenters. The minimum atomic E-state index is -0.670. The Kier molecular flexibility index (Phi) is 3.09. The van der Waals surface area contributed by atoms with Gasteiger partial charge in [0.05, 0.1) is 5.92 Å². The fourth-order valence-corrected chi connectivity index (χ4v) is 1.72. The van der Waals surface area contributed by atoms with Crippen LogP contribution in [-0.2, 0) is 4.79 Å². The Morgan fingerprint density at radius 3 is 2.42 bits per heavy atom. The van der Waals surface area contributed by atoms with Crippen molar-refractivity contribution in [2.45, 2.75) is 25.7 Å². The van der Waals surface area contributed by atoms with Crippen molar-refractivity contribution in [1.82, 2.24) is 0 Å². The van der Waals surface area contributed by atoms with Crippen LogP contribution in [0.4, 0.5) is 0 Å². The van der Waals surface area contributed by atoms with Gasteiger partial charge < -0.3 is 9.95 Å². The highest BCUT2D eigenvalue weighted by Gasteiger charge is 2.26. The molecule has 0 atom stereocenters. The number of aliphatic carboxylic acids is 1. The number of carboxylic acids is 1. The van der Waals surface area contributed by atoms with Crippen LogP contribution < -0.4 is 0 Å². The van der Waals surface area contributed by atoms with Gasteiger partial charge in [-0.2, -0.15) is 0 Å². The minimum absolute atomic E-state index is 0.146. The first kappa shape index (κ1) is 9.05. The molecule has 1 aliphatic rings. The molecule has 0 amide bonds. The van der Waals surface area contributed by atoms with Crippen LogP contribution in [-0.4, -0.2) is 17.6 Å². The van der Waals surface area contributed by atoms with E-state index in [9.17, 15) is 4.79 Å². The molecule has 0 aromatic heterocycles. The maximum Gasteiger partial charge on any atom is 0.306 e. The van der Waals surface area contributed by atoms with Crippen molar-refractivity contribution in [3.63, 3.8) is 0 Å². The highest BCUT2D eigenvalue weighted by molar-refractivity contribution is 5.69. The van der Waals surface area contributed by atoms with E-state index in [1.807, 2.05) is 0 Å². The number of carbonyl (C=O) groups is 1. The van der Waals surface area contributed by atoms with Gasteiger partial charge in [0, 0.05) is 5.92 Å². The summed E-state index contributed by atoms with van der Waals surface area (Å²) in [6.07, 6.45) is 3.35. The summed E-state index contributed by atoms with van der Waals surface area (Å²) in [5.74, 6) is -0.360. The second-order valence-corrected chi connectivity index (χ2v) is 3.40. The summed E-state index contributed by atoms with van der Waals surface area (Å²) in [6.45, 7) is 7.26. The standard InChI is InChI=1S/C9H13NO2/c1-10-6-7-2-4-8(5-3-7)9(11)12/h7-8H,2-6H2,(H,11,12). The third-order valence-electron chi connectivity index (χ3n) is 2.55. The largest absolute Gasteiger partial charge is 0.481 e. The van der Waals surface area contributed by atoms with E-state index in [2.05, 4.69) is 4.85 Å². The Balaban J connectivity index is 2.30. The molecule has 0 aromatic carbocycles. The van der Waals surface area contributed by atoms with Crippen molar-refractivity contribution in [1.29, 1.82) is 0 Å². The minimum Gasteiger partial charge on any atom is -0.481 e. The first-order chi connectivity index (χ1) is 5.74. The monoisotopic (exact) mass is 167 g/mol. The highest BCUT2D eigenvalue weighted by atomic mass is 16.4. The summed E-state index contributed by atoms with van der Waals surface area (Å²) in [4.78, 5) is 13.9. The fourth-order valence-electron chi connectivity index (χ4n) is 1.72. The molecule has 0 heterocycles. The van der Waals surface area contributed by atoms with Crippen LogP contribution >= 0.6 is 0 Å². The lowest BCUT2D eigenvalue weighted by Crippen LogP contribution is -2.22. The first-order valence-electron chi connectivity index (χ1n) is 4.30. The summed E-state index contributed by atoms with van der Waals surface area (Å²) in [6, 6.07) is 0. The number of hydrogen-bond donors (Lipinski definition) is 1. The molecule has 1 N–H and O–H groups in total. The number of rotatable bonds is 2. The molecule has 1 aliphatic carbocycles. The quantitative estimate of drug-likeness (QED) is 0.637. The van der Waals surface area contributed by atoms with Gasteiger partial charge in [-0.25, -0.2) is 6.57 Å². The molecule has 1 saturated carbocycles. The van der Waals surface area contributed by atoms with Gasteiger partial charge in [-0.15, -0.1) is 0 Å². The molecule has 3 heteroatoms. The molecule has 0 saturated heterocycles. The number of hydrogen-bond acceptors (Lipinski definition) is 1. The predicted molar refractivity (Wildman–Crippen MR) is 44.6 cm³/mol. The highest BCUT2D eigenvalue weighted by Crippen LogP contribution is 2.28. The molecule has 1 rings (SSSR count). The average Bonchev–Trinajstić information content (AvgIpc) is 2.06. The second kappa shape index (κ2) is 4.10. The van der Waals surface area contributed by atoms with Gasteiger partial charge in [-0.1, -0.05) is 0 Å². The molecule has 0 bridgehead atoms. The van der Waals surface area contributed by atoms with E-state index in [-0.39, 0.29) is 5.92 Å². The summed E-state index contributed by atoms with van der Waals surface area (Å²) in [5.41, 5.74) is 0. The van der Waals surface area contributed by atoms with Crippen molar-refractivity contribution in [3.05, 3.63) is 11.4 Å². The van der Waals surface area contributed by atoms with Crippen molar-refractivity contribution in [3.8, 4) is 0 Å². The molecule has 0 aromatic rings. The summed E-state index contributed by atoms with van der Waals surface area (Å²) >= 11 is 0. The number of carboxylic acid groups (broad SMARTS) is 1. The topological polar surface area (TPSA) is 41.7 Å². The fraction of sp³-hybridized carbons (Fsp3) is 0.778. The Morgan fingerprint density at radius 2 is 2.00 bits per heavy atom. The lowest BCUT2D eigenvalue weighted by Gasteiger charge is -2.22. The number of nitrogens with zero attached hydrogens (tertiary/aromatic N) is 1. The van der Waals surface area contributed by atoms with Crippen molar-refractivity contribution >= 4 is 5.97 Å². The SMILES string of the molecule is [C-]#[N+]CC1CCC(C(=O)O)CC1. The Labute approximate surface area is 72.2 Å². The van der Waals surface area contributed by atoms with Gasteiger partial charge in [-0.3, -0.25) is 4.79 Å². The van der Waals surface area contributed by atoms with Crippen LogP contribution in [0.15, 0.2) is 0 Å². The molecular weight excluding hydrogens is 154 g/mol. The normalized spacial score (nSPS) is 29.2. The maximum atomic E-state index is 10.6. The van der Waals surface area contributed by atoms with E-state index < -0.39 is 5.97 Å². The van der Waals surface area contributed by atoms with Gasteiger partial charge in [0.1, 0.15) is 0 Å². The second-order valence-electron chi connectivity index (χ2n) is 3.40. The van der Waals surface area contributed by atoms with Gasteiger partial charge in [0.2, 0.25) is 6.54 Å². The van der Waals surface area contributed by atoms with Gasteiger partial charge in [0.25, 0.3) is 0 Å². The van der Waals surface area contributed by atoms with Gasteiger partial charge >= 0.3 is 5.97 Å². The van der Waals surface area contributed by atoms with Crippen LogP contribution in [0.1, 0.15) is 25.7 Å². The summed E-state index contributed by atoms with van der Waals surface area (Å²) in [7, 11) is 0. The average molecular weight is 167 g/mol. The summed E-state index contributed by atoms with van der Waals surface area (Å²) in [5, 5.41) is 8.69. The zero-order chi connectivity index (χ0) is 8.97. The van der Waals surface area contributed by atoms with E-state index in [1.165, 1.54) is 0 Å². The molecule has 0 spiro atoms. The molecule has 0 aliphatic heterocycles. The molecule has 1 fully saturated rings. The third kappa shape index (κ3) is 2.23. The predicted octanol–water partition coefficient (Wildman–Crippen LogP) is 1.80. The molecule has 66 valence electrons. The van der Waals surface area contributed by atoms with Crippen molar-refractivity contribution in [2.75, 3.05) is 6.54 Å². The van der Waals surface area contributed by atoms with E-state index >= 15 is 0 Å². The lowest BCUT2D eigenvalue weighted by molar-refractivity contribution is -0.143. The molecular formula is C9H13NO2. The zero-order valence-electron chi connectivity index (χ0n) is 6.99. The Morgan fingerprint density at radius 1 is 1.42 bits per heavy atom. The van der Waals surface area contributed by atoms with Crippen LogP contribution in [0.3, 0.4) is 0 Å². The van der Waals surface area contributed by atoms with E-state index in [0.29, 0.717) is 12.5 Å². The van der Waals surface area contributed by atoms with Crippen molar-refractivity contribution < 1.29 is 9.90 Å². The zero-order valence-corrected chi connectivity index (χ0v) is 6.99. The lowest BCUT2D eigenvalue weighted by atomic mass is 9.82. The Hall–Kier alpha value is -1.04. The van der Waals surface area contributed by atoms with Gasteiger partial charge in [-0.05, 0) is 25.7 Å². The summed E-state index contributed by atoms with van der Waals surface area (Å²) < 4.78 is 0. The van der Waals surface area contributed by atoms with E-state index in [1.54, 1.807) is 0 Å². The van der Waals surface area contributed by atoms with Crippen molar-refractivity contribution in [2.24, 2.45) is 11.8 Å². The third-order valence-corrected chi connectivity index (χ3v) is 2.55. The first-order valence-corrected chi connectivity index (χ1v) is 4.30. The smallest absolute Gasteiger partial charge is 0.306 e. The molecule has 12 heavy (non-hydrogen) atoms. The van der Waals surface area contributed by atoms with E-state index in [4.69, 9.17) is 11.7 Å². The van der Waals surface area contributed by atoms with Crippen LogP contribution in [0.5, 0.6) is 0 Å². The molecule has 3 nitrogen and oxygen atoms in total. The van der Waals surface area contributed by atoms with Gasteiger partial charge in [0.15, 0.2) is 0 Å². The maximum absolute atomic E-state index is 10.6.